The van der Waals surface area contributed by atoms with Gasteiger partial charge in [0.15, 0.2) is 11.9 Å². The number of quaternary nitrogens is 1. The average molecular weight is 435 g/mol. The van der Waals surface area contributed by atoms with Crippen molar-refractivity contribution in [2.45, 2.75) is 6.17 Å². The maximum absolute atomic E-state index is 2.51. The van der Waals surface area contributed by atoms with Crippen LogP contribution in [0.15, 0.2) is 128 Å². The van der Waals surface area contributed by atoms with Gasteiger partial charge in [-0.15, -0.1) is 4.57 Å². The number of hydrogen-bond acceptors (Lipinski definition) is 0. The monoisotopic (exact) mass is 434 g/mol. The molecule has 34 heavy (non-hydrogen) atoms. The van der Waals surface area contributed by atoms with Crippen molar-refractivity contribution in [3.8, 4) is 11.3 Å². The lowest BCUT2D eigenvalue weighted by atomic mass is 9.92. The smallest absolute Gasteiger partial charge is 0.164 e. The van der Waals surface area contributed by atoms with Gasteiger partial charge in [0, 0.05) is 42.5 Å². The number of pyridine rings is 1. The highest BCUT2D eigenvalue weighted by Gasteiger charge is 2.62. The molecule has 2 nitrogen and oxygen atoms in total. The Morgan fingerprint density at radius 3 is 1.88 bits per heavy atom. The molecule has 2 heteroatoms. The third kappa shape index (κ3) is 1.99. The Bertz CT molecular complexity index is 1710. The van der Waals surface area contributed by atoms with E-state index in [-0.39, 0.29) is 6.17 Å². The summed E-state index contributed by atoms with van der Waals surface area (Å²) in [5.41, 5.74) is 8.04. The van der Waals surface area contributed by atoms with E-state index in [0.717, 1.165) is 0 Å². The summed E-state index contributed by atoms with van der Waals surface area (Å²) in [6.07, 6.45) is 2.37. The highest BCUT2D eigenvalue weighted by Crippen LogP contribution is 2.63. The molecule has 0 aliphatic carbocycles. The molecule has 2 aliphatic heterocycles. The maximum Gasteiger partial charge on any atom is 0.327 e. The SMILES string of the molecule is c1ccc([N+]2(c3ccccc3)c3cccc4c3c3c(c5ccccc54)-c4cccc[n+]4C32)cc1. The van der Waals surface area contributed by atoms with Gasteiger partial charge in [-0.25, -0.2) is 0 Å². The van der Waals surface area contributed by atoms with Gasteiger partial charge in [-0.1, -0.05) is 72.8 Å². The van der Waals surface area contributed by atoms with E-state index in [0.29, 0.717) is 4.48 Å². The molecule has 1 aromatic heterocycles. The highest BCUT2D eigenvalue weighted by atomic mass is 15.5. The molecule has 1 atom stereocenters. The topological polar surface area (TPSA) is 3.88 Å². The van der Waals surface area contributed by atoms with Gasteiger partial charge >= 0.3 is 6.17 Å². The van der Waals surface area contributed by atoms with Gasteiger partial charge in [0.25, 0.3) is 0 Å². The second kappa shape index (κ2) is 6.40. The Hall–Kier alpha value is -4.27. The van der Waals surface area contributed by atoms with Crippen LogP contribution in [0.25, 0.3) is 32.8 Å². The normalized spacial score (nSPS) is 16.8. The van der Waals surface area contributed by atoms with Gasteiger partial charge in [0.1, 0.15) is 16.9 Å². The zero-order valence-electron chi connectivity index (χ0n) is 18.6. The number of rotatable bonds is 2. The third-order valence-corrected chi connectivity index (χ3v) is 7.81. The van der Waals surface area contributed by atoms with Crippen molar-refractivity contribution in [1.82, 2.24) is 4.48 Å². The zero-order valence-corrected chi connectivity index (χ0v) is 18.6. The van der Waals surface area contributed by atoms with E-state index in [1.165, 1.54) is 55.4 Å². The molecule has 0 amide bonds. The second-order valence-corrected chi connectivity index (χ2v) is 9.29. The van der Waals surface area contributed by atoms with Gasteiger partial charge in [-0.2, -0.15) is 4.48 Å². The van der Waals surface area contributed by atoms with Crippen molar-refractivity contribution < 1.29 is 4.57 Å². The van der Waals surface area contributed by atoms with Crippen LogP contribution in [-0.2, 0) is 0 Å². The van der Waals surface area contributed by atoms with E-state index >= 15 is 0 Å². The Labute approximate surface area is 198 Å². The molecule has 0 N–H and O–H groups in total. The summed E-state index contributed by atoms with van der Waals surface area (Å²) < 4.78 is 3.16. The lowest BCUT2D eigenvalue weighted by Crippen LogP contribution is -2.54. The Balaban J connectivity index is 1.67. The van der Waals surface area contributed by atoms with Crippen molar-refractivity contribution in [3.63, 3.8) is 0 Å². The van der Waals surface area contributed by atoms with Crippen molar-refractivity contribution in [2.75, 3.05) is 0 Å². The summed E-state index contributed by atoms with van der Waals surface area (Å²) in [5.74, 6) is 0. The fourth-order valence-electron chi connectivity index (χ4n) is 6.65. The molecule has 0 saturated heterocycles. The molecular formula is C32H22N2+2. The van der Waals surface area contributed by atoms with Crippen molar-refractivity contribution in [1.29, 1.82) is 0 Å². The number of benzene rings is 5. The molecule has 3 heterocycles. The Kier molecular flexibility index (Phi) is 3.43. The summed E-state index contributed by atoms with van der Waals surface area (Å²) >= 11 is 0. The van der Waals surface area contributed by atoms with E-state index in [1.807, 2.05) is 0 Å². The molecule has 0 fully saturated rings. The van der Waals surface area contributed by atoms with Gasteiger partial charge in [-0.05, 0) is 22.2 Å². The fraction of sp³-hybridized carbons (Fsp3) is 0.0312. The molecule has 1 unspecified atom stereocenters. The fourth-order valence-corrected chi connectivity index (χ4v) is 6.65. The number of para-hydroxylation sites is 2. The van der Waals surface area contributed by atoms with Gasteiger partial charge in [0.2, 0.25) is 5.69 Å². The molecule has 2 aliphatic rings. The van der Waals surface area contributed by atoms with Crippen LogP contribution in [0.1, 0.15) is 11.7 Å². The summed E-state index contributed by atoms with van der Waals surface area (Å²) in [6.45, 7) is 0. The number of nitrogens with zero attached hydrogens (tertiary/aromatic N) is 2. The summed E-state index contributed by atoms with van der Waals surface area (Å²) in [7, 11) is 0. The van der Waals surface area contributed by atoms with Crippen LogP contribution in [0.4, 0.5) is 17.1 Å². The van der Waals surface area contributed by atoms with E-state index in [4.69, 9.17) is 0 Å². The van der Waals surface area contributed by atoms with Crippen LogP contribution in [0, 0.1) is 0 Å². The summed E-state index contributed by atoms with van der Waals surface area (Å²) in [4.78, 5) is 0. The van der Waals surface area contributed by atoms with E-state index in [1.54, 1.807) is 0 Å². The first kappa shape index (κ1) is 18.2. The molecule has 6 aromatic rings. The first-order valence-electron chi connectivity index (χ1n) is 11.9. The van der Waals surface area contributed by atoms with Crippen LogP contribution < -0.4 is 9.05 Å². The predicted octanol–water partition coefficient (Wildman–Crippen LogP) is 7.79. The second-order valence-electron chi connectivity index (χ2n) is 9.29. The minimum absolute atomic E-state index is 0.0977. The molecule has 0 radical (unpaired) electrons. The molecule has 0 spiro atoms. The lowest BCUT2D eigenvalue weighted by Gasteiger charge is -2.35. The average Bonchev–Trinajstić information content (AvgIpc) is 3.42. The number of aromatic nitrogens is 1. The molecule has 0 bridgehead atoms. The maximum atomic E-state index is 2.51. The van der Waals surface area contributed by atoms with Gasteiger partial charge in [-0.3, -0.25) is 0 Å². The summed E-state index contributed by atoms with van der Waals surface area (Å²) in [5, 5.41) is 5.41. The van der Waals surface area contributed by atoms with Crippen molar-refractivity contribution >= 4 is 38.6 Å². The van der Waals surface area contributed by atoms with Gasteiger partial charge < -0.3 is 0 Å². The summed E-state index contributed by atoms with van der Waals surface area (Å²) in [6, 6.07) is 44.5. The Morgan fingerprint density at radius 2 is 1.15 bits per heavy atom. The van der Waals surface area contributed by atoms with E-state index in [2.05, 4.69) is 132 Å². The third-order valence-electron chi connectivity index (χ3n) is 7.81. The molecular weight excluding hydrogens is 412 g/mol. The van der Waals surface area contributed by atoms with Crippen LogP contribution >= 0.6 is 0 Å². The van der Waals surface area contributed by atoms with Crippen LogP contribution in [-0.4, -0.2) is 0 Å². The standard InChI is InChI=1S/C32H22N2/c1-3-12-22(13-4-1)34(23-14-5-2-6-15-23)28-20-11-18-26-24-16-7-8-17-25(24)29-27-19-9-10-21-33(27)32(34)31(29)30(26)28/h1-21,32H/q+2. The first-order chi connectivity index (χ1) is 16.9. The van der Waals surface area contributed by atoms with Crippen LogP contribution in [0.5, 0.6) is 0 Å². The molecule has 0 saturated carbocycles. The lowest BCUT2D eigenvalue weighted by molar-refractivity contribution is -0.710. The minimum Gasteiger partial charge on any atom is -0.164 e. The Morgan fingerprint density at radius 1 is 0.529 bits per heavy atom. The van der Waals surface area contributed by atoms with Crippen molar-refractivity contribution in [3.05, 3.63) is 133 Å². The first-order valence-corrected chi connectivity index (χ1v) is 11.9. The number of fused-ring (bicyclic) bond motifs is 6. The minimum atomic E-state index is 0.0977. The van der Waals surface area contributed by atoms with E-state index < -0.39 is 0 Å². The zero-order chi connectivity index (χ0) is 22.3. The van der Waals surface area contributed by atoms with E-state index in [9.17, 15) is 0 Å². The predicted molar refractivity (Wildman–Crippen MR) is 139 cm³/mol. The van der Waals surface area contributed by atoms with Crippen LogP contribution in [0.2, 0.25) is 0 Å². The molecule has 8 rings (SSSR count). The van der Waals surface area contributed by atoms with Gasteiger partial charge in [0.05, 0.1) is 10.9 Å². The quantitative estimate of drug-likeness (QED) is 0.149. The van der Waals surface area contributed by atoms with Crippen molar-refractivity contribution in [2.24, 2.45) is 0 Å². The number of hydrogen-bond donors (Lipinski definition) is 0. The van der Waals surface area contributed by atoms with Crippen LogP contribution in [0.3, 0.4) is 0 Å². The molecule has 158 valence electrons. The largest absolute Gasteiger partial charge is 0.327 e. The molecule has 5 aromatic carbocycles. The highest BCUT2D eigenvalue weighted by molar-refractivity contribution is 6.21.